The molecule has 3 amide bonds. The van der Waals surface area contributed by atoms with Gasteiger partial charge in [-0.2, -0.15) is 0 Å². The molecule has 0 radical (unpaired) electrons. The Hall–Kier alpha value is -2.84. The predicted molar refractivity (Wildman–Crippen MR) is 98.8 cm³/mol. The maximum Gasteiger partial charge on any atom is 0.319 e. The molecule has 2 heterocycles. The number of carbonyl (C=O) groups is 2. The van der Waals surface area contributed by atoms with Crippen molar-refractivity contribution in [2.75, 3.05) is 38.6 Å². The van der Waals surface area contributed by atoms with E-state index in [1.807, 2.05) is 9.80 Å². The van der Waals surface area contributed by atoms with Crippen LogP contribution in [0.5, 0.6) is 5.75 Å². The van der Waals surface area contributed by atoms with E-state index in [0.717, 1.165) is 25.9 Å². The molecule has 0 atom stereocenters. The van der Waals surface area contributed by atoms with E-state index in [4.69, 9.17) is 4.74 Å². The summed E-state index contributed by atoms with van der Waals surface area (Å²) in [6.45, 7) is 2.71. The summed E-state index contributed by atoms with van der Waals surface area (Å²) in [5.41, 5.74) is 0.171. The van der Waals surface area contributed by atoms with E-state index in [1.165, 1.54) is 25.3 Å². The molecule has 0 aromatic heterocycles. The fourth-order valence-electron chi connectivity index (χ4n) is 3.58. The van der Waals surface area contributed by atoms with E-state index in [1.54, 1.807) is 0 Å². The zero-order valence-corrected chi connectivity index (χ0v) is 15.3. The normalized spacial score (nSPS) is 17.7. The Balaban J connectivity index is 1.59. The average molecular weight is 376 g/mol. The van der Waals surface area contributed by atoms with Crippen molar-refractivity contribution < 1.29 is 19.2 Å². The molecule has 3 rings (SSSR count). The number of likely N-dealkylation sites (tertiary alicyclic amines) is 2. The van der Waals surface area contributed by atoms with Gasteiger partial charge in [-0.15, -0.1) is 0 Å². The second-order valence-corrected chi connectivity index (χ2v) is 6.87. The summed E-state index contributed by atoms with van der Waals surface area (Å²) in [5, 5.41) is 13.7. The number of anilines is 1. The van der Waals surface area contributed by atoms with Gasteiger partial charge in [0.1, 0.15) is 5.75 Å². The van der Waals surface area contributed by atoms with Crippen molar-refractivity contribution in [2.45, 2.75) is 25.7 Å². The molecule has 0 unspecified atom stereocenters. The van der Waals surface area contributed by atoms with E-state index in [0.29, 0.717) is 31.7 Å². The summed E-state index contributed by atoms with van der Waals surface area (Å²) in [4.78, 5) is 39.1. The van der Waals surface area contributed by atoms with Crippen molar-refractivity contribution in [1.29, 1.82) is 0 Å². The number of amides is 3. The molecule has 2 aliphatic heterocycles. The number of nitro benzene ring substituents is 1. The van der Waals surface area contributed by atoms with Crippen molar-refractivity contribution in [3.8, 4) is 5.75 Å². The first-order chi connectivity index (χ1) is 13.0. The second-order valence-electron chi connectivity index (χ2n) is 6.87. The molecule has 9 nitrogen and oxygen atoms in total. The first-order valence-electron chi connectivity index (χ1n) is 9.16. The van der Waals surface area contributed by atoms with Gasteiger partial charge in [-0.25, -0.2) is 4.79 Å². The number of nitrogens with zero attached hydrogens (tertiary/aromatic N) is 3. The molecule has 1 aromatic carbocycles. The number of non-ortho nitro benzene ring substituents is 1. The SMILES string of the molecule is COc1ccc([N+](=O)[O-])cc1NC(=O)C1CCN(C(=O)N2CCCC2)CC1. The molecular weight excluding hydrogens is 352 g/mol. The number of carbonyl (C=O) groups excluding carboxylic acids is 2. The number of hydrogen-bond donors (Lipinski definition) is 1. The highest BCUT2D eigenvalue weighted by Crippen LogP contribution is 2.30. The number of methoxy groups -OCH3 is 1. The Morgan fingerprint density at radius 3 is 2.37 bits per heavy atom. The number of nitro groups is 1. The van der Waals surface area contributed by atoms with Gasteiger partial charge >= 0.3 is 6.03 Å². The number of piperidine rings is 1. The number of nitrogens with one attached hydrogen (secondary N) is 1. The third-order valence-electron chi connectivity index (χ3n) is 5.16. The zero-order valence-electron chi connectivity index (χ0n) is 15.3. The van der Waals surface area contributed by atoms with Crippen LogP contribution in [-0.4, -0.2) is 60.0 Å². The highest BCUT2D eigenvalue weighted by molar-refractivity contribution is 5.94. The van der Waals surface area contributed by atoms with Crippen LogP contribution in [0.15, 0.2) is 18.2 Å². The van der Waals surface area contributed by atoms with Gasteiger partial charge in [0.05, 0.1) is 17.7 Å². The molecule has 9 heteroatoms. The molecule has 1 aromatic rings. The van der Waals surface area contributed by atoms with Crippen molar-refractivity contribution in [1.82, 2.24) is 9.80 Å². The molecule has 2 aliphatic rings. The van der Waals surface area contributed by atoms with Gasteiger partial charge in [-0.1, -0.05) is 0 Å². The minimum atomic E-state index is -0.516. The van der Waals surface area contributed by atoms with Crippen LogP contribution in [0.25, 0.3) is 0 Å². The van der Waals surface area contributed by atoms with Crippen molar-refractivity contribution in [3.05, 3.63) is 28.3 Å². The lowest BCUT2D eigenvalue weighted by Crippen LogP contribution is -2.47. The van der Waals surface area contributed by atoms with Crippen LogP contribution in [0.4, 0.5) is 16.2 Å². The Bertz CT molecular complexity index is 724. The number of benzene rings is 1. The van der Waals surface area contributed by atoms with Crippen LogP contribution in [0.2, 0.25) is 0 Å². The lowest BCUT2D eigenvalue weighted by atomic mass is 9.96. The molecule has 1 N–H and O–H groups in total. The third-order valence-corrected chi connectivity index (χ3v) is 5.16. The van der Waals surface area contributed by atoms with Crippen molar-refractivity contribution in [2.24, 2.45) is 5.92 Å². The third kappa shape index (κ3) is 4.29. The lowest BCUT2D eigenvalue weighted by Gasteiger charge is -2.34. The van der Waals surface area contributed by atoms with E-state index >= 15 is 0 Å². The first-order valence-corrected chi connectivity index (χ1v) is 9.16. The molecule has 0 spiro atoms. The standard InChI is InChI=1S/C18H24N4O5/c1-27-16-5-4-14(22(25)26)12-15(16)19-17(23)13-6-10-21(11-7-13)18(24)20-8-2-3-9-20/h4-5,12-13H,2-3,6-11H2,1H3,(H,19,23). The van der Waals surface area contributed by atoms with Crippen molar-refractivity contribution in [3.63, 3.8) is 0 Å². The van der Waals surface area contributed by atoms with Gasteiger partial charge in [0.2, 0.25) is 5.91 Å². The quantitative estimate of drug-likeness (QED) is 0.642. The Kier molecular flexibility index (Phi) is 5.78. The van der Waals surface area contributed by atoms with Crippen LogP contribution in [0.1, 0.15) is 25.7 Å². The minimum Gasteiger partial charge on any atom is -0.495 e. The van der Waals surface area contributed by atoms with E-state index in [2.05, 4.69) is 5.32 Å². The summed E-state index contributed by atoms with van der Waals surface area (Å²) in [5.74, 6) is -0.0748. The number of rotatable bonds is 4. The lowest BCUT2D eigenvalue weighted by molar-refractivity contribution is -0.384. The first kappa shape index (κ1) is 18.9. The summed E-state index contributed by atoms with van der Waals surface area (Å²) >= 11 is 0. The number of ether oxygens (including phenoxy) is 1. The minimum absolute atomic E-state index is 0.0618. The van der Waals surface area contributed by atoms with Crippen LogP contribution in [0.3, 0.4) is 0 Å². The predicted octanol–water partition coefficient (Wildman–Crippen LogP) is 2.47. The van der Waals surface area contributed by atoms with E-state index in [-0.39, 0.29) is 29.2 Å². The van der Waals surface area contributed by atoms with Crippen molar-refractivity contribution >= 4 is 23.3 Å². The van der Waals surface area contributed by atoms with Crippen LogP contribution >= 0.6 is 0 Å². The number of urea groups is 1. The highest BCUT2D eigenvalue weighted by atomic mass is 16.6. The van der Waals surface area contributed by atoms with Gasteiger partial charge in [0.15, 0.2) is 0 Å². The molecule has 0 saturated carbocycles. The number of hydrogen-bond acceptors (Lipinski definition) is 5. The maximum atomic E-state index is 12.6. The average Bonchev–Trinajstić information content (AvgIpc) is 3.22. The molecule has 27 heavy (non-hydrogen) atoms. The van der Waals surface area contributed by atoms with E-state index < -0.39 is 4.92 Å². The summed E-state index contributed by atoms with van der Waals surface area (Å²) in [7, 11) is 1.44. The summed E-state index contributed by atoms with van der Waals surface area (Å²) in [6.07, 6.45) is 3.25. The maximum absolute atomic E-state index is 12.6. The molecular formula is C18H24N4O5. The molecule has 2 fully saturated rings. The molecule has 0 bridgehead atoms. The Labute approximate surface area is 157 Å². The van der Waals surface area contributed by atoms with Gasteiger partial charge in [0.25, 0.3) is 5.69 Å². The largest absolute Gasteiger partial charge is 0.495 e. The fraction of sp³-hybridized carbons (Fsp3) is 0.556. The second kappa shape index (κ2) is 8.24. The summed E-state index contributed by atoms with van der Waals surface area (Å²) in [6, 6.07) is 4.15. The Morgan fingerprint density at radius 2 is 1.78 bits per heavy atom. The van der Waals surface area contributed by atoms with Gasteiger partial charge < -0.3 is 19.9 Å². The zero-order chi connectivity index (χ0) is 19.4. The molecule has 146 valence electrons. The van der Waals surface area contributed by atoms with E-state index in [9.17, 15) is 19.7 Å². The highest BCUT2D eigenvalue weighted by Gasteiger charge is 2.31. The van der Waals surface area contributed by atoms with Gasteiger partial charge in [-0.05, 0) is 31.7 Å². The fourth-order valence-corrected chi connectivity index (χ4v) is 3.58. The van der Waals surface area contributed by atoms with Gasteiger partial charge in [0, 0.05) is 44.2 Å². The topological polar surface area (TPSA) is 105 Å². The van der Waals surface area contributed by atoms with Gasteiger partial charge in [-0.3, -0.25) is 14.9 Å². The summed E-state index contributed by atoms with van der Waals surface area (Å²) < 4.78 is 5.18. The Morgan fingerprint density at radius 1 is 1.15 bits per heavy atom. The molecule has 0 aliphatic carbocycles. The smallest absolute Gasteiger partial charge is 0.319 e. The van der Waals surface area contributed by atoms with Crippen LogP contribution < -0.4 is 10.1 Å². The molecule has 2 saturated heterocycles. The van der Waals surface area contributed by atoms with Crippen LogP contribution in [0, 0.1) is 16.0 Å². The van der Waals surface area contributed by atoms with Crippen LogP contribution in [-0.2, 0) is 4.79 Å². The monoisotopic (exact) mass is 376 g/mol.